The van der Waals surface area contributed by atoms with Crippen LogP contribution >= 0.6 is 11.6 Å². The van der Waals surface area contributed by atoms with E-state index in [-0.39, 0.29) is 18.9 Å². The number of nitrogens with one attached hydrogen (secondary N) is 1. The third kappa shape index (κ3) is 4.34. The minimum atomic E-state index is -0.403. The fourth-order valence-electron chi connectivity index (χ4n) is 2.92. The van der Waals surface area contributed by atoms with Crippen molar-refractivity contribution in [1.82, 2.24) is 20.1 Å². The zero-order valence-electron chi connectivity index (χ0n) is 15.4. The van der Waals surface area contributed by atoms with E-state index in [2.05, 4.69) is 15.4 Å². The number of aryl methyl sites for hydroxylation is 2. The molecular weight excluding hydrogens is 367 g/mol. The van der Waals surface area contributed by atoms with Gasteiger partial charge in [0.1, 0.15) is 5.82 Å². The minimum Gasteiger partial charge on any atom is -0.352 e. The average molecular weight is 387 g/mol. The van der Waals surface area contributed by atoms with Crippen LogP contribution in [0.2, 0.25) is 5.02 Å². The molecule has 0 radical (unpaired) electrons. The highest BCUT2D eigenvalue weighted by Gasteiger charge is 2.16. The maximum Gasteiger partial charge on any atom is 0.224 e. The van der Waals surface area contributed by atoms with Gasteiger partial charge in [-0.2, -0.15) is 5.10 Å². The van der Waals surface area contributed by atoms with Crippen LogP contribution in [-0.2, 0) is 17.8 Å². The fraction of sp³-hybridized carbons (Fsp3) is 0.250. The summed E-state index contributed by atoms with van der Waals surface area (Å²) in [5, 5.41) is 7.67. The van der Waals surface area contributed by atoms with Crippen LogP contribution in [0.4, 0.5) is 4.39 Å². The molecule has 0 aliphatic heterocycles. The van der Waals surface area contributed by atoms with E-state index in [1.54, 1.807) is 23.1 Å². The van der Waals surface area contributed by atoms with E-state index in [1.165, 1.54) is 12.1 Å². The highest BCUT2D eigenvalue weighted by molar-refractivity contribution is 6.31. The Morgan fingerprint density at radius 3 is 2.70 bits per heavy atom. The summed E-state index contributed by atoms with van der Waals surface area (Å²) in [4.78, 5) is 16.6. The first kappa shape index (κ1) is 19.0. The molecule has 27 heavy (non-hydrogen) atoms. The number of amides is 1. The van der Waals surface area contributed by atoms with Crippen LogP contribution in [0, 0.1) is 26.6 Å². The number of pyridine rings is 1. The van der Waals surface area contributed by atoms with Gasteiger partial charge in [-0.15, -0.1) is 0 Å². The Hall–Kier alpha value is -2.73. The molecule has 2 aromatic heterocycles. The molecule has 3 rings (SSSR count). The molecule has 1 amide bonds. The molecule has 140 valence electrons. The van der Waals surface area contributed by atoms with E-state index >= 15 is 0 Å². The number of aromatic nitrogens is 3. The van der Waals surface area contributed by atoms with Gasteiger partial charge in [0.2, 0.25) is 5.91 Å². The lowest BCUT2D eigenvalue weighted by Crippen LogP contribution is -2.25. The van der Waals surface area contributed by atoms with Crippen molar-refractivity contribution in [2.75, 3.05) is 0 Å². The standard InChI is InChI=1S/C20H20ClFN4O/c1-12-6-17(11-23-9-12)26-14(3)18(13(2)25-26)8-20(27)24-10-15-4-5-16(22)7-19(15)21/h4-7,9,11H,8,10H2,1-3H3,(H,24,27). The third-order valence-electron chi connectivity index (χ3n) is 4.37. The maximum absolute atomic E-state index is 13.1. The van der Waals surface area contributed by atoms with E-state index in [1.807, 2.05) is 26.8 Å². The number of rotatable bonds is 5. The smallest absolute Gasteiger partial charge is 0.224 e. The molecule has 0 spiro atoms. The SMILES string of the molecule is Cc1cncc(-n2nc(C)c(CC(=O)NCc3ccc(F)cc3Cl)c2C)c1. The molecule has 0 bridgehead atoms. The Bertz CT molecular complexity index is 1000. The lowest BCUT2D eigenvalue weighted by atomic mass is 10.1. The predicted octanol–water partition coefficient (Wildman–Crippen LogP) is 3.84. The average Bonchev–Trinajstić information content (AvgIpc) is 2.89. The molecule has 0 aliphatic carbocycles. The fourth-order valence-corrected chi connectivity index (χ4v) is 3.15. The third-order valence-corrected chi connectivity index (χ3v) is 4.73. The van der Waals surface area contributed by atoms with E-state index in [0.717, 1.165) is 28.2 Å². The Morgan fingerprint density at radius 2 is 2.00 bits per heavy atom. The van der Waals surface area contributed by atoms with Gasteiger partial charge >= 0.3 is 0 Å². The highest BCUT2D eigenvalue weighted by Crippen LogP contribution is 2.19. The molecule has 3 aromatic rings. The molecule has 1 aromatic carbocycles. The second-order valence-electron chi connectivity index (χ2n) is 6.47. The zero-order chi connectivity index (χ0) is 19.6. The lowest BCUT2D eigenvalue weighted by molar-refractivity contribution is -0.120. The summed E-state index contributed by atoms with van der Waals surface area (Å²) in [5.74, 6) is -0.553. The van der Waals surface area contributed by atoms with E-state index in [9.17, 15) is 9.18 Å². The first-order valence-electron chi connectivity index (χ1n) is 8.53. The van der Waals surface area contributed by atoms with Crippen LogP contribution in [-0.4, -0.2) is 20.7 Å². The van der Waals surface area contributed by atoms with Crippen LogP contribution in [0.3, 0.4) is 0 Å². The molecule has 1 N–H and O–H groups in total. The molecule has 0 fully saturated rings. The van der Waals surface area contributed by atoms with Crippen LogP contribution in [0.1, 0.15) is 28.1 Å². The van der Waals surface area contributed by atoms with Crippen molar-refractivity contribution in [3.05, 3.63) is 75.6 Å². The van der Waals surface area contributed by atoms with Crippen molar-refractivity contribution in [1.29, 1.82) is 0 Å². The van der Waals surface area contributed by atoms with E-state index in [0.29, 0.717) is 10.6 Å². The summed E-state index contributed by atoms with van der Waals surface area (Å²) in [5.41, 5.74) is 5.13. The van der Waals surface area contributed by atoms with Crippen molar-refractivity contribution in [3.8, 4) is 5.69 Å². The van der Waals surface area contributed by atoms with E-state index < -0.39 is 5.82 Å². The van der Waals surface area contributed by atoms with Crippen LogP contribution in [0.15, 0.2) is 36.7 Å². The van der Waals surface area contributed by atoms with Gasteiger partial charge in [0, 0.05) is 29.0 Å². The van der Waals surface area contributed by atoms with Gasteiger partial charge in [0.25, 0.3) is 0 Å². The van der Waals surface area contributed by atoms with Gasteiger partial charge in [0.05, 0.1) is 24.0 Å². The monoisotopic (exact) mass is 386 g/mol. The molecule has 5 nitrogen and oxygen atoms in total. The molecule has 0 aliphatic rings. The van der Waals surface area contributed by atoms with Crippen molar-refractivity contribution >= 4 is 17.5 Å². The molecule has 0 unspecified atom stereocenters. The Kier molecular flexibility index (Phi) is 5.56. The Balaban J connectivity index is 1.73. The number of hydrogen-bond donors (Lipinski definition) is 1. The molecule has 0 atom stereocenters. The van der Waals surface area contributed by atoms with Gasteiger partial charge in [-0.05, 0) is 50.1 Å². The van der Waals surface area contributed by atoms with Crippen LogP contribution in [0.25, 0.3) is 5.69 Å². The quantitative estimate of drug-likeness (QED) is 0.724. The molecule has 0 saturated carbocycles. The summed E-state index contributed by atoms with van der Waals surface area (Å²) >= 11 is 6.00. The zero-order valence-corrected chi connectivity index (χ0v) is 16.1. The summed E-state index contributed by atoms with van der Waals surface area (Å²) in [6.45, 7) is 6.02. The van der Waals surface area contributed by atoms with E-state index in [4.69, 9.17) is 11.6 Å². The number of carbonyl (C=O) groups excluding carboxylic acids is 1. The largest absolute Gasteiger partial charge is 0.352 e. The number of hydrogen-bond acceptors (Lipinski definition) is 3. The predicted molar refractivity (Wildman–Crippen MR) is 103 cm³/mol. The topological polar surface area (TPSA) is 59.8 Å². The minimum absolute atomic E-state index is 0.150. The number of benzene rings is 1. The van der Waals surface area contributed by atoms with Crippen LogP contribution < -0.4 is 5.32 Å². The summed E-state index contributed by atoms with van der Waals surface area (Å²) in [6.07, 6.45) is 3.73. The maximum atomic E-state index is 13.1. The molecule has 2 heterocycles. The van der Waals surface area contributed by atoms with Gasteiger partial charge < -0.3 is 5.32 Å². The second-order valence-corrected chi connectivity index (χ2v) is 6.88. The van der Waals surface area contributed by atoms with Crippen molar-refractivity contribution < 1.29 is 9.18 Å². The van der Waals surface area contributed by atoms with Crippen molar-refractivity contribution in [2.24, 2.45) is 0 Å². The highest BCUT2D eigenvalue weighted by atomic mass is 35.5. The first-order valence-corrected chi connectivity index (χ1v) is 8.90. The summed E-state index contributed by atoms with van der Waals surface area (Å²) in [7, 11) is 0. The Morgan fingerprint density at radius 1 is 1.22 bits per heavy atom. The van der Waals surface area contributed by atoms with Gasteiger partial charge in [-0.1, -0.05) is 17.7 Å². The Labute approximate surface area is 162 Å². The summed E-state index contributed by atoms with van der Waals surface area (Å²) < 4.78 is 14.9. The lowest BCUT2D eigenvalue weighted by Gasteiger charge is -2.08. The first-order chi connectivity index (χ1) is 12.8. The van der Waals surface area contributed by atoms with Gasteiger partial charge in [-0.3, -0.25) is 9.78 Å². The molecular formula is C20H20ClFN4O. The molecule has 7 heteroatoms. The number of carbonyl (C=O) groups is 1. The molecule has 0 saturated heterocycles. The van der Waals surface area contributed by atoms with Crippen molar-refractivity contribution in [3.63, 3.8) is 0 Å². The summed E-state index contributed by atoms with van der Waals surface area (Å²) in [6, 6.07) is 6.11. The van der Waals surface area contributed by atoms with Crippen LogP contribution in [0.5, 0.6) is 0 Å². The second kappa shape index (κ2) is 7.88. The normalized spacial score (nSPS) is 10.9. The van der Waals surface area contributed by atoms with Gasteiger partial charge in [0.15, 0.2) is 0 Å². The van der Waals surface area contributed by atoms with Gasteiger partial charge in [-0.25, -0.2) is 9.07 Å². The number of halogens is 2. The number of nitrogens with zero attached hydrogens (tertiary/aromatic N) is 3. The van der Waals surface area contributed by atoms with Crippen molar-refractivity contribution in [2.45, 2.75) is 33.7 Å².